The van der Waals surface area contributed by atoms with E-state index >= 15 is 0 Å². The third-order valence-corrected chi connectivity index (χ3v) is 5.67. The Morgan fingerprint density at radius 1 is 1.16 bits per heavy atom. The van der Waals surface area contributed by atoms with Gasteiger partial charge >= 0.3 is 0 Å². The van der Waals surface area contributed by atoms with E-state index in [1.807, 2.05) is 19.9 Å². The molecule has 25 heavy (non-hydrogen) atoms. The molecule has 3 rings (SSSR count). The number of carbonyl (C=O) groups is 2. The van der Waals surface area contributed by atoms with Gasteiger partial charge in [0.05, 0.1) is 11.5 Å². The summed E-state index contributed by atoms with van der Waals surface area (Å²) in [4.78, 5) is 25.5. The van der Waals surface area contributed by atoms with E-state index in [9.17, 15) is 9.59 Å². The maximum absolute atomic E-state index is 13.2. The smallest absolute Gasteiger partial charge is 0.227 e. The minimum absolute atomic E-state index is 0.00362. The molecular weight excluding hydrogens is 312 g/mol. The van der Waals surface area contributed by atoms with Crippen LogP contribution in [-0.4, -0.2) is 17.9 Å². The maximum atomic E-state index is 13.2. The third-order valence-electron chi connectivity index (χ3n) is 5.67. The van der Waals surface area contributed by atoms with E-state index in [-0.39, 0.29) is 23.9 Å². The first kappa shape index (κ1) is 18.0. The van der Waals surface area contributed by atoms with Crippen LogP contribution in [0.1, 0.15) is 76.0 Å². The Morgan fingerprint density at radius 3 is 2.60 bits per heavy atom. The molecule has 1 aromatic rings. The standard InChI is InChI=1S/C21H30N2O2/c1-15(2)22-19(24)14-21(12-5-6-13-21)20(25)23-18-11-7-9-16-8-3-4-10-17(16)18/h3-4,8,10,15,18H,5-7,9,11-14H2,1-2H3,(H,22,24)(H,23,25)/t18-/m1/s1. The highest BCUT2D eigenvalue weighted by molar-refractivity contribution is 5.89. The van der Waals surface area contributed by atoms with Gasteiger partial charge in [0.2, 0.25) is 11.8 Å². The number of benzene rings is 1. The number of rotatable bonds is 5. The fourth-order valence-electron chi connectivity index (χ4n) is 4.43. The molecule has 1 saturated carbocycles. The zero-order chi connectivity index (χ0) is 17.9. The van der Waals surface area contributed by atoms with Crippen molar-refractivity contribution >= 4 is 11.8 Å². The first-order valence-corrected chi connectivity index (χ1v) is 9.68. The van der Waals surface area contributed by atoms with Crippen molar-refractivity contribution in [3.8, 4) is 0 Å². The normalized spacial score (nSPS) is 21.6. The lowest BCUT2D eigenvalue weighted by Crippen LogP contribution is -2.45. The van der Waals surface area contributed by atoms with E-state index in [0.717, 1.165) is 44.9 Å². The van der Waals surface area contributed by atoms with Crippen molar-refractivity contribution in [1.82, 2.24) is 10.6 Å². The summed E-state index contributed by atoms with van der Waals surface area (Å²) in [6.45, 7) is 3.91. The molecule has 0 unspecified atom stereocenters. The first-order valence-electron chi connectivity index (χ1n) is 9.68. The predicted octanol–water partition coefficient (Wildman–Crippen LogP) is 3.66. The highest BCUT2D eigenvalue weighted by Crippen LogP contribution is 2.42. The molecule has 2 N–H and O–H groups in total. The molecule has 0 spiro atoms. The summed E-state index contributed by atoms with van der Waals surface area (Å²) in [5.74, 6) is 0.0710. The van der Waals surface area contributed by atoms with Crippen LogP contribution in [-0.2, 0) is 16.0 Å². The average Bonchev–Trinajstić information content (AvgIpc) is 3.04. The zero-order valence-electron chi connectivity index (χ0n) is 15.4. The molecule has 136 valence electrons. The minimum atomic E-state index is -0.522. The predicted molar refractivity (Wildman–Crippen MR) is 99.1 cm³/mol. The number of fused-ring (bicyclic) bond motifs is 1. The second-order valence-corrected chi connectivity index (χ2v) is 8.00. The van der Waals surface area contributed by atoms with E-state index in [0.29, 0.717) is 6.42 Å². The van der Waals surface area contributed by atoms with Gasteiger partial charge in [0.15, 0.2) is 0 Å². The van der Waals surface area contributed by atoms with Crippen LogP contribution in [0.4, 0.5) is 0 Å². The maximum Gasteiger partial charge on any atom is 0.227 e. The Hall–Kier alpha value is -1.84. The Kier molecular flexibility index (Phi) is 5.45. The molecule has 4 heteroatoms. The lowest BCUT2D eigenvalue weighted by Gasteiger charge is -2.32. The highest BCUT2D eigenvalue weighted by atomic mass is 16.2. The Bertz CT molecular complexity index is 633. The summed E-state index contributed by atoms with van der Waals surface area (Å²) in [6, 6.07) is 8.60. The molecular formula is C21H30N2O2. The number of carbonyl (C=O) groups excluding carboxylic acids is 2. The average molecular weight is 342 g/mol. The second-order valence-electron chi connectivity index (χ2n) is 8.00. The van der Waals surface area contributed by atoms with E-state index in [1.165, 1.54) is 11.1 Å². The van der Waals surface area contributed by atoms with Gasteiger partial charge in [-0.3, -0.25) is 9.59 Å². The number of amides is 2. The molecule has 1 aromatic carbocycles. The highest BCUT2D eigenvalue weighted by Gasteiger charge is 2.43. The summed E-state index contributed by atoms with van der Waals surface area (Å²) in [5.41, 5.74) is 2.07. The van der Waals surface area contributed by atoms with Crippen LogP contribution in [0, 0.1) is 5.41 Å². The van der Waals surface area contributed by atoms with E-state index < -0.39 is 5.41 Å². The fraction of sp³-hybridized carbons (Fsp3) is 0.619. The van der Waals surface area contributed by atoms with Crippen molar-refractivity contribution in [2.75, 3.05) is 0 Å². The summed E-state index contributed by atoms with van der Waals surface area (Å²) in [5, 5.41) is 6.25. The van der Waals surface area contributed by atoms with Crippen LogP contribution in [0.25, 0.3) is 0 Å². The molecule has 0 heterocycles. The quantitative estimate of drug-likeness (QED) is 0.858. The Balaban J connectivity index is 1.73. The molecule has 0 radical (unpaired) electrons. The molecule has 0 bridgehead atoms. The van der Waals surface area contributed by atoms with Gasteiger partial charge in [-0.2, -0.15) is 0 Å². The number of hydrogen-bond donors (Lipinski definition) is 2. The van der Waals surface area contributed by atoms with Crippen LogP contribution in [0.15, 0.2) is 24.3 Å². The van der Waals surface area contributed by atoms with Crippen LogP contribution in [0.3, 0.4) is 0 Å². The van der Waals surface area contributed by atoms with Crippen molar-refractivity contribution in [3.05, 3.63) is 35.4 Å². The minimum Gasteiger partial charge on any atom is -0.354 e. The molecule has 0 saturated heterocycles. The molecule has 1 fully saturated rings. The van der Waals surface area contributed by atoms with Crippen molar-refractivity contribution < 1.29 is 9.59 Å². The third kappa shape index (κ3) is 4.05. The Morgan fingerprint density at radius 2 is 1.88 bits per heavy atom. The fourth-order valence-corrected chi connectivity index (χ4v) is 4.43. The van der Waals surface area contributed by atoms with Gasteiger partial charge in [-0.15, -0.1) is 0 Å². The van der Waals surface area contributed by atoms with Gasteiger partial charge in [0.1, 0.15) is 0 Å². The summed E-state index contributed by atoms with van der Waals surface area (Å²) >= 11 is 0. The van der Waals surface area contributed by atoms with Crippen LogP contribution < -0.4 is 10.6 Å². The van der Waals surface area contributed by atoms with Gasteiger partial charge in [-0.1, -0.05) is 37.1 Å². The monoisotopic (exact) mass is 342 g/mol. The van der Waals surface area contributed by atoms with Crippen LogP contribution in [0.2, 0.25) is 0 Å². The molecule has 4 nitrogen and oxygen atoms in total. The van der Waals surface area contributed by atoms with Crippen LogP contribution >= 0.6 is 0 Å². The number of hydrogen-bond acceptors (Lipinski definition) is 2. The summed E-state index contributed by atoms with van der Waals surface area (Å²) < 4.78 is 0. The molecule has 1 atom stereocenters. The summed E-state index contributed by atoms with van der Waals surface area (Å²) in [6.07, 6.45) is 7.18. The van der Waals surface area contributed by atoms with Gasteiger partial charge < -0.3 is 10.6 Å². The summed E-state index contributed by atoms with van der Waals surface area (Å²) in [7, 11) is 0. The molecule has 2 amide bonds. The topological polar surface area (TPSA) is 58.2 Å². The van der Waals surface area contributed by atoms with Crippen molar-refractivity contribution in [3.63, 3.8) is 0 Å². The Labute approximate surface area is 150 Å². The van der Waals surface area contributed by atoms with Crippen molar-refractivity contribution in [2.24, 2.45) is 5.41 Å². The molecule has 2 aliphatic carbocycles. The van der Waals surface area contributed by atoms with Gasteiger partial charge in [0, 0.05) is 12.5 Å². The van der Waals surface area contributed by atoms with E-state index in [4.69, 9.17) is 0 Å². The lowest BCUT2D eigenvalue weighted by atomic mass is 9.80. The largest absolute Gasteiger partial charge is 0.354 e. The number of nitrogens with one attached hydrogen (secondary N) is 2. The molecule has 2 aliphatic rings. The zero-order valence-corrected chi connectivity index (χ0v) is 15.4. The van der Waals surface area contributed by atoms with Crippen molar-refractivity contribution in [2.45, 2.75) is 77.3 Å². The molecule has 0 aliphatic heterocycles. The van der Waals surface area contributed by atoms with Gasteiger partial charge in [-0.25, -0.2) is 0 Å². The SMILES string of the molecule is CC(C)NC(=O)CC1(C(=O)N[C@@H]2CCCc3ccccc32)CCCC1. The second kappa shape index (κ2) is 7.59. The number of aryl methyl sites for hydroxylation is 1. The van der Waals surface area contributed by atoms with Crippen molar-refractivity contribution in [1.29, 1.82) is 0 Å². The van der Waals surface area contributed by atoms with E-state index in [2.05, 4.69) is 28.8 Å². The van der Waals surface area contributed by atoms with Crippen LogP contribution in [0.5, 0.6) is 0 Å². The van der Waals surface area contributed by atoms with Gasteiger partial charge in [0.25, 0.3) is 0 Å². The molecule has 0 aromatic heterocycles. The lowest BCUT2D eigenvalue weighted by molar-refractivity contribution is -0.137. The van der Waals surface area contributed by atoms with E-state index in [1.54, 1.807) is 0 Å². The first-order chi connectivity index (χ1) is 12.0. The van der Waals surface area contributed by atoms with Gasteiger partial charge in [-0.05, 0) is 57.1 Å².